The molecule has 0 bridgehead atoms. The van der Waals surface area contributed by atoms with E-state index in [1.165, 1.54) is 36.0 Å². The van der Waals surface area contributed by atoms with Crippen LogP contribution in [0, 0.1) is 17.0 Å². The van der Waals surface area contributed by atoms with Gasteiger partial charge in [-0.2, -0.15) is 0 Å². The highest BCUT2D eigenvalue weighted by atomic mass is 32.2. The Morgan fingerprint density at radius 3 is 2.34 bits per heavy atom. The largest absolute Gasteiger partial charge is 0.325 e. The van der Waals surface area contributed by atoms with Gasteiger partial charge in [0.2, 0.25) is 5.91 Å². The fraction of sp³-hybridized carbons (Fsp3) is 0.167. The summed E-state index contributed by atoms with van der Waals surface area (Å²) in [7, 11) is 0. The molecule has 2 N–H and O–H groups in total. The second-order valence-electron chi connectivity index (χ2n) is 7.16. The van der Waals surface area contributed by atoms with Crippen LogP contribution in [0.1, 0.15) is 29.3 Å². The zero-order chi connectivity index (χ0) is 23.1. The van der Waals surface area contributed by atoms with E-state index in [1.807, 2.05) is 44.2 Å². The number of nitro groups is 1. The Hall–Kier alpha value is -3.65. The summed E-state index contributed by atoms with van der Waals surface area (Å²) in [5.41, 5.74) is 2.41. The lowest BCUT2D eigenvalue weighted by Crippen LogP contribution is -2.24. The fourth-order valence-corrected chi connectivity index (χ4v) is 4.06. The number of carbonyl (C=O) groups excluding carboxylic acids is 2. The van der Waals surface area contributed by atoms with Crippen molar-refractivity contribution in [1.29, 1.82) is 0 Å². The first kappa shape index (κ1) is 23.0. The van der Waals surface area contributed by atoms with E-state index in [9.17, 15) is 19.7 Å². The molecule has 0 radical (unpaired) electrons. The van der Waals surface area contributed by atoms with Gasteiger partial charge in [0.1, 0.15) is 0 Å². The van der Waals surface area contributed by atoms with Crippen molar-refractivity contribution < 1.29 is 14.5 Å². The number of anilines is 2. The Morgan fingerprint density at radius 1 is 0.969 bits per heavy atom. The minimum absolute atomic E-state index is 0.0888. The third-order valence-electron chi connectivity index (χ3n) is 4.64. The van der Waals surface area contributed by atoms with Crippen molar-refractivity contribution in [1.82, 2.24) is 0 Å². The van der Waals surface area contributed by atoms with Gasteiger partial charge in [-0.3, -0.25) is 19.7 Å². The van der Waals surface area contributed by atoms with Crippen LogP contribution < -0.4 is 10.6 Å². The lowest BCUT2D eigenvalue weighted by molar-refractivity contribution is -0.384. The van der Waals surface area contributed by atoms with E-state index in [2.05, 4.69) is 10.6 Å². The molecule has 1 unspecified atom stereocenters. The molecule has 0 saturated carbocycles. The van der Waals surface area contributed by atoms with Gasteiger partial charge in [0, 0.05) is 34.0 Å². The first-order valence-corrected chi connectivity index (χ1v) is 10.9. The molecule has 0 aliphatic carbocycles. The normalized spacial score (nSPS) is 11.4. The van der Waals surface area contributed by atoms with E-state index in [4.69, 9.17) is 0 Å². The number of hydrogen-bond donors (Lipinski definition) is 2. The van der Waals surface area contributed by atoms with Crippen LogP contribution in [0.4, 0.5) is 17.1 Å². The van der Waals surface area contributed by atoms with Gasteiger partial charge < -0.3 is 10.6 Å². The van der Waals surface area contributed by atoms with Gasteiger partial charge in [0.25, 0.3) is 11.6 Å². The Morgan fingerprint density at radius 2 is 1.66 bits per heavy atom. The molecule has 164 valence electrons. The van der Waals surface area contributed by atoms with Gasteiger partial charge in [-0.1, -0.05) is 31.2 Å². The molecule has 0 aliphatic rings. The smallest absolute Gasteiger partial charge is 0.270 e. The van der Waals surface area contributed by atoms with E-state index in [-0.39, 0.29) is 22.4 Å². The number of carbonyl (C=O) groups is 2. The zero-order valence-electron chi connectivity index (χ0n) is 17.7. The highest BCUT2D eigenvalue weighted by Crippen LogP contribution is 2.29. The average molecular weight is 450 g/mol. The lowest BCUT2D eigenvalue weighted by Gasteiger charge is -2.16. The van der Waals surface area contributed by atoms with E-state index in [0.29, 0.717) is 12.1 Å². The maximum Gasteiger partial charge on any atom is 0.270 e. The number of rotatable bonds is 8. The number of benzene rings is 3. The summed E-state index contributed by atoms with van der Waals surface area (Å²) in [6, 6.07) is 20.4. The second kappa shape index (κ2) is 10.6. The molecule has 2 amide bonds. The molecule has 8 heteroatoms. The molecule has 7 nitrogen and oxygen atoms in total. The monoisotopic (exact) mass is 449 g/mol. The van der Waals surface area contributed by atoms with Crippen LogP contribution in [-0.2, 0) is 4.79 Å². The van der Waals surface area contributed by atoms with Crippen molar-refractivity contribution in [3.63, 3.8) is 0 Å². The molecule has 3 rings (SSSR count). The Bertz CT molecular complexity index is 1150. The summed E-state index contributed by atoms with van der Waals surface area (Å²) >= 11 is 1.41. The zero-order valence-corrected chi connectivity index (χ0v) is 18.5. The molecular formula is C24H23N3O4S. The summed E-state index contributed by atoms with van der Waals surface area (Å²) in [6.07, 6.45) is 0.632. The standard InChI is InChI=1S/C24H23N3O4S/c1-3-22(24(29)26-18-9-4-7-16(2)13-18)32-21-12-6-10-19(15-21)25-23(28)17-8-5-11-20(14-17)27(30)31/h4-15,22H,3H2,1-2H3,(H,25,28)(H,26,29). The van der Waals surface area contributed by atoms with Crippen molar-refractivity contribution in [2.45, 2.75) is 30.4 Å². The molecule has 1 atom stereocenters. The fourth-order valence-electron chi connectivity index (χ4n) is 3.04. The second-order valence-corrected chi connectivity index (χ2v) is 8.44. The number of nitrogens with one attached hydrogen (secondary N) is 2. The summed E-state index contributed by atoms with van der Waals surface area (Å²) in [4.78, 5) is 36.5. The minimum atomic E-state index is -0.541. The van der Waals surface area contributed by atoms with Gasteiger partial charge in [-0.25, -0.2) is 0 Å². The van der Waals surface area contributed by atoms with E-state index < -0.39 is 10.8 Å². The van der Waals surface area contributed by atoms with Crippen LogP contribution in [0.25, 0.3) is 0 Å². The number of non-ortho nitro benzene ring substituents is 1. The van der Waals surface area contributed by atoms with Crippen molar-refractivity contribution in [2.75, 3.05) is 10.6 Å². The van der Waals surface area contributed by atoms with Crippen LogP contribution in [0.15, 0.2) is 77.7 Å². The van der Waals surface area contributed by atoms with E-state index in [1.54, 1.807) is 18.2 Å². The molecule has 0 saturated heterocycles. The number of hydrogen-bond acceptors (Lipinski definition) is 5. The third kappa shape index (κ3) is 6.18. The first-order valence-electron chi connectivity index (χ1n) is 10.1. The van der Waals surface area contributed by atoms with Gasteiger partial charge in [-0.05, 0) is 55.3 Å². The molecule has 0 spiro atoms. The number of aryl methyl sites for hydroxylation is 1. The summed E-state index contributed by atoms with van der Waals surface area (Å²) in [5, 5.41) is 16.3. The Labute approximate surface area is 190 Å². The van der Waals surface area contributed by atoms with Crippen LogP contribution in [0.3, 0.4) is 0 Å². The molecule has 0 fully saturated rings. The summed E-state index contributed by atoms with van der Waals surface area (Å²) in [6.45, 7) is 3.91. The molecule has 3 aromatic carbocycles. The minimum Gasteiger partial charge on any atom is -0.325 e. The van der Waals surface area contributed by atoms with Crippen LogP contribution >= 0.6 is 11.8 Å². The molecule has 0 aliphatic heterocycles. The van der Waals surface area contributed by atoms with Gasteiger partial charge >= 0.3 is 0 Å². The predicted octanol–water partition coefficient (Wildman–Crippen LogP) is 5.66. The average Bonchev–Trinajstić information content (AvgIpc) is 2.77. The number of nitro benzene ring substituents is 1. The molecule has 0 aromatic heterocycles. The van der Waals surface area contributed by atoms with E-state index >= 15 is 0 Å². The number of nitrogens with zero attached hydrogens (tertiary/aromatic N) is 1. The van der Waals surface area contributed by atoms with Crippen molar-refractivity contribution in [3.05, 3.63) is 94.0 Å². The topological polar surface area (TPSA) is 101 Å². The number of amides is 2. The highest BCUT2D eigenvalue weighted by Gasteiger charge is 2.19. The Kier molecular flexibility index (Phi) is 7.62. The van der Waals surface area contributed by atoms with Crippen LogP contribution in [0.5, 0.6) is 0 Å². The summed E-state index contributed by atoms with van der Waals surface area (Å²) < 4.78 is 0. The van der Waals surface area contributed by atoms with Crippen molar-refractivity contribution in [2.24, 2.45) is 0 Å². The predicted molar refractivity (Wildman–Crippen MR) is 127 cm³/mol. The molecular weight excluding hydrogens is 426 g/mol. The SMILES string of the molecule is CCC(Sc1cccc(NC(=O)c2cccc([N+](=O)[O-])c2)c1)C(=O)Nc1cccc(C)c1. The van der Waals surface area contributed by atoms with E-state index in [0.717, 1.165) is 16.1 Å². The van der Waals surface area contributed by atoms with Crippen LogP contribution in [0.2, 0.25) is 0 Å². The quantitative estimate of drug-likeness (QED) is 0.262. The maximum absolute atomic E-state index is 12.7. The summed E-state index contributed by atoms with van der Waals surface area (Å²) in [5.74, 6) is -0.533. The number of thioether (sulfide) groups is 1. The first-order chi connectivity index (χ1) is 15.4. The lowest BCUT2D eigenvalue weighted by atomic mass is 10.2. The molecule has 0 heterocycles. The maximum atomic E-state index is 12.7. The Balaban J connectivity index is 1.68. The van der Waals surface area contributed by atoms with Crippen LogP contribution in [-0.4, -0.2) is 22.0 Å². The third-order valence-corrected chi connectivity index (χ3v) is 6.00. The van der Waals surface area contributed by atoms with Gasteiger partial charge in [0.05, 0.1) is 10.2 Å². The molecule has 32 heavy (non-hydrogen) atoms. The van der Waals surface area contributed by atoms with Gasteiger partial charge in [0.15, 0.2) is 0 Å². The van der Waals surface area contributed by atoms with Crippen molar-refractivity contribution >= 4 is 40.6 Å². The highest BCUT2D eigenvalue weighted by molar-refractivity contribution is 8.00. The molecule has 3 aromatic rings. The van der Waals surface area contributed by atoms with Crippen molar-refractivity contribution in [3.8, 4) is 0 Å². The van der Waals surface area contributed by atoms with Gasteiger partial charge in [-0.15, -0.1) is 11.8 Å².